The third kappa shape index (κ3) is 3.94. The van der Waals surface area contributed by atoms with Crippen LogP contribution in [0.15, 0.2) is 18.3 Å². The predicted octanol–water partition coefficient (Wildman–Crippen LogP) is 2.24. The quantitative estimate of drug-likeness (QED) is 0.806. The molecule has 0 radical (unpaired) electrons. The molecule has 7 heteroatoms. The van der Waals surface area contributed by atoms with Gasteiger partial charge in [0.15, 0.2) is 0 Å². The van der Waals surface area contributed by atoms with Crippen LogP contribution in [0.5, 0.6) is 0 Å². The summed E-state index contributed by atoms with van der Waals surface area (Å²) < 4.78 is 23.0. The zero-order valence-corrected chi connectivity index (χ0v) is 17.0. The Morgan fingerprint density at radius 2 is 2.12 bits per heavy atom. The number of aromatic amines is 1. The molecule has 26 heavy (non-hydrogen) atoms. The largest absolute Gasteiger partial charge is 0.360 e. The van der Waals surface area contributed by atoms with E-state index in [0.717, 1.165) is 42.9 Å². The fourth-order valence-corrected chi connectivity index (χ4v) is 4.45. The van der Waals surface area contributed by atoms with Crippen LogP contribution in [0.25, 0.3) is 11.0 Å². The van der Waals surface area contributed by atoms with Crippen LogP contribution in [-0.2, 0) is 15.4 Å². The second-order valence-electron chi connectivity index (χ2n) is 7.91. The maximum absolute atomic E-state index is 11.5. The van der Waals surface area contributed by atoms with Gasteiger partial charge in [0.1, 0.15) is 9.84 Å². The lowest BCUT2D eigenvalue weighted by Gasteiger charge is -2.45. The van der Waals surface area contributed by atoms with Crippen LogP contribution < -0.4 is 5.32 Å². The SMILES string of the molecule is CC(C)c1c[nH]c2ccc(C3(C)CNCCN3CCCS(C)(=O)=O)nc12. The molecule has 0 bridgehead atoms. The summed E-state index contributed by atoms with van der Waals surface area (Å²) in [7, 11) is -2.93. The van der Waals surface area contributed by atoms with Gasteiger partial charge in [0.05, 0.1) is 28.0 Å². The van der Waals surface area contributed by atoms with Gasteiger partial charge in [-0.15, -0.1) is 0 Å². The molecule has 0 aromatic carbocycles. The van der Waals surface area contributed by atoms with Crippen molar-refractivity contribution < 1.29 is 8.42 Å². The van der Waals surface area contributed by atoms with E-state index in [2.05, 4.69) is 54.3 Å². The summed E-state index contributed by atoms with van der Waals surface area (Å²) in [6.07, 6.45) is 4.01. The van der Waals surface area contributed by atoms with Crippen molar-refractivity contribution in [1.29, 1.82) is 0 Å². The second-order valence-corrected chi connectivity index (χ2v) is 10.2. The number of piperazine rings is 1. The van der Waals surface area contributed by atoms with E-state index in [1.165, 1.54) is 11.8 Å². The first-order valence-electron chi connectivity index (χ1n) is 9.33. The summed E-state index contributed by atoms with van der Waals surface area (Å²) in [5.41, 5.74) is 4.14. The topological polar surface area (TPSA) is 78.1 Å². The Labute approximate surface area is 156 Å². The number of pyridine rings is 1. The van der Waals surface area contributed by atoms with Crippen molar-refractivity contribution >= 4 is 20.9 Å². The molecule has 1 aliphatic heterocycles. The van der Waals surface area contributed by atoms with E-state index in [0.29, 0.717) is 12.3 Å². The highest BCUT2D eigenvalue weighted by Crippen LogP contribution is 2.31. The van der Waals surface area contributed by atoms with E-state index in [1.807, 2.05) is 0 Å². The highest BCUT2D eigenvalue weighted by molar-refractivity contribution is 7.90. The number of hydrogen-bond acceptors (Lipinski definition) is 5. The van der Waals surface area contributed by atoms with Crippen molar-refractivity contribution in [3.05, 3.63) is 29.6 Å². The number of nitrogens with zero attached hydrogens (tertiary/aromatic N) is 2. The van der Waals surface area contributed by atoms with E-state index in [4.69, 9.17) is 4.98 Å². The van der Waals surface area contributed by atoms with Crippen LogP contribution in [0, 0.1) is 0 Å². The standard InChI is InChI=1S/C19H30N4O2S/c1-14(2)15-12-21-16-6-7-17(22-18(15)16)19(3)13-20-8-10-23(19)9-5-11-26(4,24)25/h6-7,12,14,20-21H,5,8-11,13H2,1-4H3. The molecule has 0 amide bonds. The third-order valence-corrected chi connectivity index (χ3v) is 6.42. The fraction of sp³-hybridized carbons (Fsp3) is 0.632. The Morgan fingerprint density at radius 1 is 1.35 bits per heavy atom. The minimum Gasteiger partial charge on any atom is -0.360 e. The number of sulfone groups is 1. The van der Waals surface area contributed by atoms with E-state index >= 15 is 0 Å². The van der Waals surface area contributed by atoms with E-state index < -0.39 is 9.84 Å². The van der Waals surface area contributed by atoms with Crippen molar-refractivity contribution in [3.8, 4) is 0 Å². The molecular formula is C19H30N4O2S. The van der Waals surface area contributed by atoms with Crippen molar-refractivity contribution in [3.63, 3.8) is 0 Å². The normalized spacial score (nSPS) is 22.3. The molecule has 1 aliphatic rings. The molecule has 3 rings (SSSR count). The number of H-pyrrole nitrogens is 1. The Kier molecular flexibility index (Phi) is 5.42. The number of hydrogen-bond donors (Lipinski definition) is 2. The van der Waals surface area contributed by atoms with E-state index in [9.17, 15) is 8.42 Å². The van der Waals surface area contributed by atoms with Crippen molar-refractivity contribution in [2.24, 2.45) is 0 Å². The Morgan fingerprint density at radius 3 is 2.81 bits per heavy atom. The average Bonchev–Trinajstić information content (AvgIpc) is 2.99. The predicted molar refractivity (Wildman–Crippen MR) is 106 cm³/mol. The van der Waals surface area contributed by atoms with Crippen LogP contribution in [0.3, 0.4) is 0 Å². The smallest absolute Gasteiger partial charge is 0.147 e. The summed E-state index contributed by atoms with van der Waals surface area (Å²) in [6.45, 7) is 9.94. The number of fused-ring (bicyclic) bond motifs is 1. The van der Waals surface area contributed by atoms with Crippen LogP contribution >= 0.6 is 0 Å². The summed E-state index contributed by atoms with van der Waals surface area (Å²) in [5.74, 6) is 0.643. The molecule has 144 valence electrons. The number of nitrogens with one attached hydrogen (secondary N) is 2. The minimum absolute atomic E-state index is 0.231. The molecule has 1 saturated heterocycles. The van der Waals surface area contributed by atoms with Gasteiger partial charge in [-0.25, -0.2) is 13.4 Å². The van der Waals surface area contributed by atoms with Crippen molar-refractivity contribution in [2.75, 3.05) is 38.2 Å². The average molecular weight is 379 g/mol. The van der Waals surface area contributed by atoms with Crippen molar-refractivity contribution in [2.45, 2.75) is 38.6 Å². The summed E-state index contributed by atoms with van der Waals surface area (Å²) in [6, 6.07) is 4.21. The maximum atomic E-state index is 11.5. The molecule has 1 unspecified atom stereocenters. The first-order chi connectivity index (χ1) is 12.2. The summed E-state index contributed by atoms with van der Waals surface area (Å²) in [5, 5.41) is 3.48. The lowest BCUT2D eigenvalue weighted by molar-refractivity contribution is 0.0700. The summed E-state index contributed by atoms with van der Waals surface area (Å²) >= 11 is 0. The molecule has 1 atom stereocenters. The zero-order chi connectivity index (χ0) is 18.9. The Bertz CT molecular complexity index is 875. The van der Waals surface area contributed by atoms with Gasteiger partial charge < -0.3 is 10.3 Å². The van der Waals surface area contributed by atoms with Gasteiger partial charge in [-0.2, -0.15) is 0 Å². The Balaban J connectivity index is 1.90. The van der Waals surface area contributed by atoms with Gasteiger partial charge in [0.2, 0.25) is 0 Å². The summed E-state index contributed by atoms with van der Waals surface area (Å²) in [4.78, 5) is 10.7. The molecule has 0 spiro atoms. The van der Waals surface area contributed by atoms with Gasteiger partial charge in [-0.05, 0) is 37.0 Å². The molecule has 2 N–H and O–H groups in total. The van der Waals surface area contributed by atoms with Gasteiger partial charge in [-0.1, -0.05) is 13.8 Å². The number of aromatic nitrogens is 2. The van der Waals surface area contributed by atoms with Gasteiger partial charge >= 0.3 is 0 Å². The molecule has 1 fully saturated rings. The van der Waals surface area contributed by atoms with Crippen molar-refractivity contribution in [1.82, 2.24) is 20.2 Å². The van der Waals surface area contributed by atoms with E-state index in [1.54, 1.807) is 0 Å². The van der Waals surface area contributed by atoms with Crippen LogP contribution in [0.2, 0.25) is 0 Å². The first-order valence-corrected chi connectivity index (χ1v) is 11.4. The molecule has 2 aromatic heterocycles. The Hall–Kier alpha value is -1.44. The second kappa shape index (κ2) is 7.29. The maximum Gasteiger partial charge on any atom is 0.147 e. The molecule has 0 saturated carbocycles. The number of rotatable bonds is 6. The molecule has 3 heterocycles. The first kappa shape index (κ1) is 19.3. The lowest BCUT2D eigenvalue weighted by Crippen LogP contribution is -2.58. The lowest BCUT2D eigenvalue weighted by atomic mass is 9.91. The molecule has 0 aliphatic carbocycles. The van der Waals surface area contributed by atoms with Gasteiger partial charge in [0.25, 0.3) is 0 Å². The van der Waals surface area contributed by atoms with Gasteiger partial charge in [0, 0.05) is 38.6 Å². The van der Waals surface area contributed by atoms with Crippen LogP contribution in [-0.4, -0.2) is 61.5 Å². The molecule has 6 nitrogen and oxygen atoms in total. The zero-order valence-electron chi connectivity index (χ0n) is 16.2. The van der Waals surface area contributed by atoms with Crippen LogP contribution in [0.4, 0.5) is 0 Å². The highest BCUT2D eigenvalue weighted by Gasteiger charge is 2.37. The molecular weight excluding hydrogens is 348 g/mol. The monoisotopic (exact) mass is 378 g/mol. The van der Waals surface area contributed by atoms with E-state index in [-0.39, 0.29) is 11.3 Å². The fourth-order valence-electron chi connectivity index (χ4n) is 3.79. The highest BCUT2D eigenvalue weighted by atomic mass is 32.2. The third-order valence-electron chi connectivity index (χ3n) is 5.39. The van der Waals surface area contributed by atoms with Crippen LogP contribution in [0.1, 0.15) is 44.4 Å². The molecule has 2 aromatic rings. The van der Waals surface area contributed by atoms with Gasteiger partial charge in [-0.3, -0.25) is 4.90 Å². The minimum atomic E-state index is -2.93.